The summed E-state index contributed by atoms with van der Waals surface area (Å²) < 4.78 is 3.97. The van der Waals surface area contributed by atoms with E-state index in [1.54, 1.807) is 10.9 Å². The number of halogens is 1. The maximum Gasteiger partial charge on any atom is 0.405 e. The van der Waals surface area contributed by atoms with Crippen molar-refractivity contribution >= 4 is 34.5 Å². The minimum atomic E-state index is -0.899. The topological polar surface area (TPSA) is 114 Å². The number of aromatic nitrogens is 6. The second-order valence-corrected chi connectivity index (χ2v) is 10.7. The Hall–Kier alpha value is -2.88. The second-order valence-electron chi connectivity index (χ2n) is 10.4. The summed E-state index contributed by atoms with van der Waals surface area (Å²) in [4.78, 5) is 22.4. The highest BCUT2D eigenvalue weighted by molar-refractivity contribution is 6.28. The number of nitrogens with one attached hydrogen (secondary N) is 1. The Balaban J connectivity index is 1.24. The minimum absolute atomic E-state index is 0.216. The summed E-state index contributed by atoms with van der Waals surface area (Å²) in [5.41, 5.74) is 4.37. The molecule has 3 aromatic rings. The number of hydrogen-bond donors (Lipinski definition) is 2. The average molecular weight is 485 g/mol. The quantitative estimate of drug-likeness (QED) is 0.545. The monoisotopic (exact) mass is 484 g/mol. The van der Waals surface area contributed by atoms with Gasteiger partial charge in [0.15, 0.2) is 5.65 Å². The van der Waals surface area contributed by atoms with E-state index in [2.05, 4.69) is 36.9 Å². The molecular weight excluding hydrogens is 456 g/mol. The smallest absolute Gasteiger partial charge is 0.405 e. The van der Waals surface area contributed by atoms with Crippen LogP contribution in [0, 0.1) is 12.3 Å². The highest BCUT2D eigenvalue weighted by Gasteiger charge is 2.49. The highest BCUT2D eigenvalue weighted by Crippen LogP contribution is 2.53. The van der Waals surface area contributed by atoms with E-state index in [1.165, 1.54) is 11.3 Å². The lowest BCUT2D eigenvalue weighted by Crippen LogP contribution is -2.57. The molecule has 34 heavy (non-hydrogen) atoms. The highest BCUT2D eigenvalue weighted by atomic mass is 35.5. The van der Waals surface area contributed by atoms with Crippen LogP contribution in [0.3, 0.4) is 0 Å². The van der Waals surface area contributed by atoms with E-state index in [0.29, 0.717) is 0 Å². The van der Waals surface area contributed by atoms with E-state index in [4.69, 9.17) is 16.7 Å². The largest absolute Gasteiger partial charge is 0.465 e. The van der Waals surface area contributed by atoms with Crippen molar-refractivity contribution < 1.29 is 9.90 Å². The summed E-state index contributed by atoms with van der Waals surface area (Å²) in [6.07, 6.45) is 7.70. The Morgan fingerprint density at radius 3 is 2.65 bits per heavy atom. The molecule has 11 heteroatoms. The van der Waals surface area contributed by atoms with Crippen molar-refractivity contribution in [2.75, 3.05) is 11.4 Å². The van der Waals surface area contributed by atoms with Gasteiger partial charge in [-0.3, -0.25) is 9.36 Å². The Labute approximate surface area is 202 Å². The van der Waals surface area contributed by atoms with E-state index < -0.39 is 6.09 Å². The molecule has 2 bridgehead atoms. The normalized spacial score (nSPS) is 26.1. The Bertz CT molecular complexity index is 1270. The molecule has 3 aromatic heterocycles. The van der Waals surface area contributed by atoms with Gasteiger partial charge in [0, 0.05) is 49.9 Å². The average Bonchev–Trinajstić information content (AvgIpc) is 3.33. The Morgan fingerprint density at radius 2 is 1.94 bits per heavy atom. The Kier molecular flexibility index (Phi) is 4.81. The van der Waals surface area contributed by atoms with E-state index in [0.717, 1.165) is 87.1 Å². The van der Waals surface area contributed by atoms with Crippen LogP contribution in [0.25, 0.3) is 11.0 Å². The molecule has 0 atom stereocenters. The van der Waals surface area contributed by atoms with Gasteiger partial charge in [0.1, 0.15) is 5.82 Å². The number of carboxylic acid groups (broad SMARTS) is 1. The molecule has 180 valence electrons. The Morgan fingerprint density at radius 1 is 1.21 bits per heavy atom. The van der Waals surface area contributed by atoms with Crippen LogP contribution < -0.4 is 10.2 Å². The van der Waals surface area contributed by atoms with Gasteiger partial charge in [-0.15, -0.1) is 0 Å². The van der Waals surface area contributed by atoms with E-state index in [-0.39, 0.29) is 16.2 Å². The summed E-state index contributed by atoms with van der Waals surface area (Å²) in [6, 6.07) is 0. The zero-order valence-electron chi connectivity index (χ0n) is 19.5. The SMILES string of the molecule is Cc1nn(CC23CCC(NC(=O)O)(CC2)CC3)c2c1CN(c1nc(Cl)nc3c1cnn3C)CC2. The molecule has 1 aliphatic heterocycles. The fourth-order valence-corrected chi connectivity index (χ4v) is 6.59. The molecule has 3 saturated carbocycles. The van der Waals surface area contributed by atoms with Gasteiger partial charge in [-0.05, 0) is 62.5 Å². The van der Waals surface area contributed by atoms with Crippen molar-refractivity contribution in [3.63, 3.8) is 0 Å². The number of fused-ring (bicyclic) bond motifs is 5. The summed E-state index contributed by atoms with van der Waals surface area (Å²) >= 11 is 6.25. The molecule has 2 N–H and O–H groups in total. The molecule has 4 aliphatic rings. The van der Waals surface area contributed by atoms with Crippen LogP contribution in [-0.2, 0) is 26.6 Å². The first-order chi connectivity index (χ1) is 16.3. The number of rotatable bonds is 4. The first-order valence-corrected chi connectivity index (χ1v) is 12.3. The van der Waals surface area contributed by atoms with Crippen LogP contribution in [0.2, 0.25) is 5.28 Å². The fraction of sp³-hybridized carbons (Fsp3) is 0.609. The molecule has 10 nitrogen and oxygen atoms in total. The lowest BCUT2D eigenvalue weighted by atomic mass is 9.57. The third kappa shape index (κ3) is 3.41. The molecule has 0 spiro atoms. The number of hydrogen-bond acceptors (Lipinski definition) is 6. The number of amides is 1. The minimum Gasteiger partial charge on any atom is -0.465 e. The second kappa shape index (κ2) is 7.56. The van der Waals surface area contributed by atoms with Gasteiger partial charge in [-0.2, -0.15) is 20.2 Å². The molecule has 4 heterocycles. The van der Waals surface area contributed by atoms with E-state index in [9.17, 15) is 9.90 Å². The summed E-state index contributed by atoms with van der Waals surface area (Å²) in [5, 5.41) is 22.5. The summed E-state index contributed by atoms with van der Waals surface area (Å²) in [6.45, 7) is 4.57. The zero-order chi connectivity index (χ0) is 23.7. The molecular formula is C23H29ClN8O2. The predicted octanol–water partition coefficient (Wildman–Crippen LogP) is 3.44. The van der Waals surface area contributed by atoms with Crippen molar-refractivity contribution in [3.05, 3.63) is 28.4 Å². The number of carbonyl (C=O) groups is 1. The van der Waals surface area contributed by atoms with Crippen LogP contribution >= 0.6 is 11.6 Å². The fourth-order valence-electron chi connectivity index (χ4n) is 6.43. The van der Waals surface area contributed by atoms with Gasteiger partial charge in [0.2, 0.25) is 5.28 Å². The molecule has 0 unspecified atom stereocenters. The lowest BCUT2D eigenvalue weighted by Gasteiger charge is -2.53. The van der Waals surface area contributed by atoms with Crippen LogP contribution in [-0.4, -0.2) is 52.8 Å². The molecule has 0 aromatic carbocycles. The summed E-state index contributed by atoms with van der Waals surface area (Å²) in [7, 11) is 1.86. The number of anilines is 1. The van der Waals surface area contributed by atoms with Crippen LogP contribution in [0.15, 0.2) is 6.20 Å². The van der Waals surface area contributed by atoms with Crippen LogP contribution in [0.1, 0.15) is 55.5 Å². The first kappa shape index (κ1) is 21.6. The third-order valence-corrected chi connectivity index (χ3v) is 8.61. The molecule has 3 aliphatic carbocycles. The number of nitrogens with zero attached hydrogens (tertiary/aromatic N) is 7. The maximum atomic E-state index is 11.3. The molecule has 1 amide bonds. The van der Waals surface area contributed by atoms with Gasteiger partial charge in [-0.25, -0.2) is 4.79 Å². The van der Waals surface area contributed by atoms with E-state index in [1.807, 2.05) is 7.05 Å². The van der Waals surface area contributed by atoms with Gasteiger partial charge in [0.25, 0.3) is 0 Å². The van der Waals surface area contributed by atoms with Crippen molar-refractivity contribution in [2.45, 2.75) is 70.5 Å². The van der Waals surface area contributed by atoms with Crippen molar-refractivity contribution in [3.8, 4) is 0 Å². The van der Waals surface area contributed by atoms with Gasteiger partial charge < -0.3 is 15.3 Å². The summed E-state index contributed by atoms with van der Waals surface area (Å²) in [5.74, 6) is 0.821. The van der Waals surface area contributed by atoms with Gasteiger partial charge in [0.05, 0.1) is 17.3 Å². The van der Waals surface area contributed by atoms with Crippen molar-refractivity contribution in [1.29, 1.82) is 0 Å². The standard InChI is InChI=1S/C23H29ClN8O2/c1-14-16-12-31(19-15-11-25-30(2)18(15)26-20(24)27-19)10-3-17(16)32(29-14)13-22-4-7-23(8-5-22,9-6-22)28-21(33)34/h11,28H,3-10,12-13H2,1-2H3,(H,33,34). The zero-order valence-corrected chi connectivity index (χ0v) is 20.3. The van der Waals surface area contributed by atoms with Gasteiger partial charge in [-0.1, -0.05) is 0 Å². The van der Waals surface area contributed by atoms with Gasteiger partial charge >= 0.3 is 6.09 Å². The van der Waals surface area contributed by atoms with Crippen molar-refractivity contribution in [1.82, 2.24) is 34.8 Å². The number of aryl methyl sites for hydroxylation is 2. The van der Waals surface area contributed by atoms with Crippen molar-refractivity contribution in [2.24, 2.45) is 12.5 Å². The molecule has 0 radical (unpaired) electrons. The molecule has 0 saturated heterocycles. The maximum absolute atomic E-state index is 11.3. The molecule has 3 fully saturated rings. The van der Waals surface area contributed by atoms with E-state index >= 15 is 0 Å². The molecule has 7 rings (SSSR count). The lowest BCUT2D eigenvalue weighted by molar-refractivity contribution is 0.00945. The van der Waals surface area contributed by atoms with Crippen LogP contribution in [0.5, 0.6) is 0 Å². The first-order valence-electron chi connectivity index (χ1n) is 11.9. The third-order valence-electron chi connectivity index (χ3n) is 8.44. The van der Waals surface area contributed by atoms with Crippen LogP contribution in [0.4, 0.5) is 10.6 Å². The predicted molar refractivity (Wildman–Crippen MR) is 127 cm³/mol.